The van der Waals surface area contributed by atoms with Crippen LogP contribution in [-0.2, 0) is 4.79 Å². The Morgan fingerprint density at radius 2 is 2.25 bits per heavy atom. The molecule has 2 unspecified atom stereocenters. The Kier molecular flexibility index (Phi) is 6.30. The van der Waals surface area contributed by atoms with E-state index in [1.165, 1.54) is 0 Å². The highest BCUT2D eigenvalue weighted by molar-refractivity contribution is 5.85. The smallest absolute Gasteiger partial charge is 0.260 e. The summed E-state index contributed by atoms with van der Waals surface area (Å²) in [4.78, 5) is 14.0. The summed E-state index contributed by atoms with van der Waals surface area (Å²) in [7, 11) is 0. The Hall–Kier alpha value is -1.26. The van der Waals surface area contributed by atoms with Crippen LogP contribution in [0.5, 0.6) is 5.75 Å². The number of carbonyl (C=O) groups excluding carboxylic acids is 1. The van der Waals surface area contributed by atoms with Gasteiger partial charge < -0.3 is 15.4 Å². The molecule has 2 rings (SSSR count). The molecule has 2 atom stereocenters. The minimum atomic E-state index is 0. The zero-order valence-corrected chi connectivity index (χ0v) is 12.9. The van der Waals surface area contributed by atoms with Gasteiger partial charge in [0.1, 0.15) is 5.75 Å². The first-order chi connectivity index (χ1) is 9.10. The van der Waals surface area contributed by atoms with E-state index in [-0.39, 0.29) is 31.0 Å². The van der Waals surface area contributed by atoms with Crippen LogP contribution in [0.25, 0.3) is 0 Å². The lowest BCUT2D eigenvalue weighted by atomic mass is 10.1. The fourth-order valence-electron chi connectivity index (χ4n) is 2.59. The molecule has 1 aliphatic rings. The van der Waals surface area contributed by atoms with Gasteiger partial charge in [0.25, 0.3) is 5.91 Å². The van der Waals surface area contributed by atoms with Gasteiger partial charge >= 0.3 is 0 Å². The molecule has 0 aliphatic carbocycles. The standard InChI is InChI=1S/C15H22N2O2.ClH/c1-11-4-3-5-14(6-11)19-10-15(18)17-9-13(8-16)7-12(17)2;/h3-6,12-13H,7-10,16H2,1-2H3;1H. The van der Waals surface area contributed by atoms with Gasteiger partial charge in [0, 0.05) is 12.6 Å². The summed E-state index contributed by atoms with van der Waals surface area (Å²) in [5, 5.41) is 0. The average Bonchev–Trinajstić information content (AvgIpc) is 2.77. The second-order valence-electron chi connectivity index (χ2n) is 5.34. The molecule has 1 amide bonds. The molecule has 1 saturated heterocycles. The van der Waals surface area contributed by atoms with Crippen LogP contribution in [0.2, 0.25) is 0 Å². The number of hydrogen-bond donors (Lipinski definition) is 1. The van der Waals surface area contributed by atoms with Gasteiger partial charge in [-0.2, -0.15) is 0 Å². The van der Waals surface area contributed by atoms with Crippen LogP contribution in [0.4, 0.5) is 0 Å². The Morgan fingerprint density at radius 3 is 2.85 bits per heavy atom. The Bertz CT molecular complexity index is 453. The van der Waals surface area contributed by atoms with E-state index in [0.29, 0.717) is 12.5 Å². The first-order valence-electron chi connectivity index (χ1n) is 6.79. The molecule has 0 spiro atoms. The van der Waals surface area contributed by atoms with Crippen LogP contribution in [0, 0.1) is 12.8 Å². The summed E-state index contributed by atoms with van der Waals surface area (Å²) < 4.78 is 5.56. The molecule has 1 heterocycles. The predicted molar refractivity (Wildman–Crippen MR) is 82.3 cm³/mol. The lowest BCUT2D eigenvalue weighted by molar-refractivity contribution is -0.134. The summed E-state index contributed by atoms with van der Waals surface area (Å²) in [6.07, 6.45) is 0.993. The number of amides is 1. The third kappa shape index (κ3) is 4.12. The number of nitrogens with zero attached hydrogens (tertiary/aromatic N) is 1. The van der Waals surface area contributed by atoms with Crippen molar-refractivity contribution in [3.05, 3.63) is 29.8 Å². The van der Waals surface area contributed by atoms with Crippen molar-refractivity contribution >= 4 is 18.3 Å². The summed E-state index contributed by atoms with van der Waals surface area (Å²) >= 11 is 0. The SMILES string of the molecule is Cc1cccc(OCC(=O)N2CC(CN)CC2C)c1.Cl. The molecule has 0 radical (unpaired) electrons. The summed E-state index contributed by atoms with van der Waals surface area (Å²) in [5.74, 6) is 1.22. The minimum Gasteiger partial charge on any atom is -0.484 e. The number of carbonyl (C=O) groups is 1. The number of likely N-dealkylation sites (tertiary alicyclic amines) is 1. The molecule has 4 nitrogen and oxygen atoms in total. The molecule has 1 fully saturated rings. The maximum Gasteiger partial charge on any atom is 0.260 e. The topological polar surface area (TPSA) is 55.6 Å². The van der Waals surface area contributed by atoms with Crippen molar-refractivity contribution in [3.8, 4) is 5.75 Å². The average molecular weight is 299 g/mol. The number of ether oxygens (including phenoxy) is 1. The van der Waals surface area contributed by atoms with E-state index in [4.69, 9.17) is 10.5 Å². The minimum absolute atomic E-state index is 0. The van der Waals surface area contributed by atoms with E-state index < -0.39 is 0 Å². The molecule has 5 heteroatoms. The third-order valence-electron chi connectivity index (χ3n) is 3.67. The van der Waals surface area contributed by atoms with Crippen LogP contribution in [0.1, 0.15) is 18.9 Å². The fraction of sp³-hybridized carbons (Fsp3) is 0.533. The molecule has 1 aromatic rings. The quantitative estimate of drug-likeness (QED) is 0.925. The number of hydrogen-bond acceptors (Lipinski definition) is 3. The summed E-state index contributed by atoms with van der Waals surface area (Å²) in [5.41, 5.74) is 6.80. The molecule has 0 aromatic heterocycles. The maximum atomic E-state index is 12.1. The van der Waals surface area contributed by atoms with Crippen molar-refractivity contribution in [3.63, 3.8) is 0 Å². The van der Waals surface area contributed by atoms with E-state index in [1.807, 2.05) is 36.1 Å². The first kappa shape index (κ1) is 16.8. The Labute approximate surface area is 126 Å². The summed E-state index contributed by atoms with van der Waals surface area (Å²) in [6, 6.07) is 8.00. The lowest BCUT2D eigenvalue weighted by Crippen LogP contribution is -2.37. The molecule has 0 bridgehead atoms. The van der Waals surface area contributed by atoms with E-state index in [2.05, 4.69) is 6.92 Å². The van der Waals surface area contributed by atoms with Gasteiger partial charge in [0.05, 0.1) is 0 Å². The van der Waals surface area contributed by atoms with Gasteiger partial charge in [-0.3, -0.25) is 4.79 Å². The monoisotopic (exact) mass is 298 g/mol. The molecule has 112 valence electrons. The normalized spacial score (nSPS) is 21.4. The van der Waals surface area contributed by atoms with Crippen LogP contribution >= 0.6 is 12.4 Å². The number of aryl methyl sites for hydroxylation is 1. The Morgan fingerprint density at radius 1 is 1.50 bits per heavy atom. The van der Waals surface area contributed by atoms with Crippen molar-refractivity contribution in [1.82, 2.24) is 4.90 Å². The van der Waals surface area contributed by atoms with Crippen molar-refractivity contribution in [2.45, 2.75) is 26.3 Å². The van der Waals surface area contributed by atoms with Gasteiger partial charge in [-0.1, -0.05) is 12.1 Å². The van der Waals surface area contributed by atoms with E-state index in [1.54, 1.807) is 0 Å². The number of benzene rings is 1. The highest BCUT2D eigenvalue weighted by Gasteiger charge is 2.31. The van der Waals surface area contributed by atoms with E-state index >= 15 is 0 Å². The number of halogens is 1. The molecular formula is C15H23ClN2O2. The zero-order valence-electron chi connectivity index (χ0n) is 12.0. The van der Waals surface area contributed by atoms with Crippen molar-refractivity contribution in [2.75, 3.05) is 19.7 Å². The fourth-order valence-corrected chi connectivity index (χ4v) is 2.59. The van der Waals surface area contributed by atoms with Crippen molar-refractivity contribution in [1.29, 1.82) is 0 Å². The third-order valence-corrected chi connectivity index (χ3v) is 3.67. The highest BCUT2D eigenvalue weighted by Crippen LogP contribution is 2.22. The van der Waals surface area contributed by atoms with Gasteiger partial charge in [-0.05, 0) is 50.4 Å². The molecular weight excluding hydrogens is 276 g/mol. The van der Waals surface area contributed by atoms with Crippen LogP contribution in [-0.4, -0.2) is 36.5 Å². The zero-order chi connectivity index (χ0) is 13.8. The molecule has 20 heavy (non-hydrogen) atoms. The van der Waals surface area contributed by atoms with Gasteiger partial charge in [-0.25, -0.2) is 0 Å². The van der Waals surface area contributed by atoms with Crippen molar-refractivity contribution in [2.24, 2.45) is 11.7 Å². The summed E-state index contributed by atoms with van der Waals surface area (Å²) in [6.45, 7) is 5.58. The molecule has 1 aromatic carbocycles. The Balaban J connectivity index is 0.00000200. The predicted octanol–water partition coefficient (Wildman–Crippen LogP) is 1.99. The van der Waals surface area contributed by atoms with Gasteiger partial charge in [-0.15, -0.1) is 12.4 Å². The maximum absolute atomic E-state index is 12.1. The van der Waals surface area contributed by atoms with Crippen LogP contribution in [0.3, 0.4) is 0 Å². The second kappa shape index (κ2) is 7.50. The first-order valence-corrected chi connectivity index (χ1v) is 6.79. The van der Waals surface area contributed by atoms with E-state index in [9.17, 15) is 4.79 Å². The van der Waals surface area contributed by atoms with Crippen LogP contribution in [0.15, 0.2) is 24.3 Å². The largest absolute Gasteiger partial charge is 0.484 e. The molecule has 1 aliphatic heterocycles. The molecule has 2 N–H and O–H groups in total. The second-order valence-corrected chi connectivity index (χ2v) is 5.34. The van der Waals surface area contributed by atoms with Crippen LogP contribution < -0.4 is 10.5 Å². The van der Waals surface area contributed by atoms with E-state index in [0.717, 1.165) is 24.3 Å². The van der Waals surface area contributed by atoms with Crippen molar-refractivity contribution < 1.29 is 9.53 Å². The lowest BCUT2D eigenvalue weighted by Gasteiger charge is -2.21. The van der Waals surface area contributed by atoms with Gasteiger partial charge in [0.15, 0.2) is 6.61 Å². The molecule has 0 saturated carbocycles. The number of rotatable bonds is 4. The highest BCUT2D eigenvalue weighted by atomic mass is 35.5. The number of nitrogens with two attached hydrogens (primary N) is 1. The van der Waals surface area contributed by atoms with Gasteiger partial charge in [0.2, 0.25) is 0 Å².